The number of hydrazone groups is 1. The van der Waals surface area contributed by atoms with Crippen LogP contribution in [0.25, 0.3) is 10.9 Å². The van der Waals surface area contributed by atoms with Crippen LogP contribution >= 0.6 is 27.7 Å². The summed E-state index contributed by atoms with van der Waals surface area (Å²) in [5, 5.41) is 5.88. The number of carbonyl (C=O) groups excluding carboxylic acids is 1. The lowest BCUT2D eigenvalue weighted by Gasteiger charge is -2.03. The lowest BCUT2D eigenvalue weighted by atomic mass is 10.2. The highest BCUT2D eigenvalue weighted by atomic mass is 79.9. The highest BCUT2D eigenvalue weighted by Gasteiger charge is 2.15. The summed E-state index contributed by atoms with van der Waals surface area (Å²) in [6.45, 7) is 0.207. The number of thioether (sulfide) groups is 1. The molecule has 1 aliphatic heterocycles. The second-order valence-corrected chi connectivity index (χ2v) is 7.50. The van der Waals surface area contributed by atoms with Crippen molar-refractivity contribution in [2.45, 2.75) is 5.03 Å². The highest BCUT2D eigenvalue weighted by molar-refractivity contribution is 9.10. The monoisotopic (exact) mass is 443 g/mol. The third-order valence-electron chi connectivity index (χ3n) is 3.81. The molecule has 2 heterocycles. The molecule has 6 nitrogen and oxygen atoms in total. The van der Waals surface area contributed by atoms with E-state index in [1.54, 1.807) is 12.3 Å². The van der Waals surface area contributed by atoms with Crippen molar-refractivity contribution in [3.8, 4) is 11.5 Å². The Bertz CT molecular complexity index is 1040. The van der Waals surface area contributed by atoms with Gasteiger partial charge in [-0.15, -0.1) is 0 Å². The number of amides is 1. The number of rotatable bonds is 5. The van der Waals surface area contributed by atoms with Crippen LogP contribution < -0.4 is 14.9 Å². The first-order chi connectivity index (χ1) is 13.2. The van der Waals surface area contributed by atoms with Crippen molar-refractivity contribution in [1.29, 1.82) is 0 Å². The van der Waals surface area contributed by atoms with Crippen molar-refractivity contribution >= 4 is 50.7 Å². The van der Waals surface area contributed by atoms with Gasteiger partial charge in [-0.1, -0.05) is 36.0 Å². The van der Waals surface area contributed by atoms with Crippen LogP contribution in [-0.4, -0.2) is 29.7 Å². The average Bonchev–Trinajstić information content (AvgIpc) is 3.13. The molecule has 0 aliphatic carbocycles. The Kier molecular flexibility index (Phi) is 5.26. The average molecular weight is 444 g/mol. The van der Waals surface area contributed by atoms with Gasteiger partial charge in [-0.2, -0.15) is 5.10 Å². The Morgan fingerprint density at radius 2 is 2.04 bits per heavy atom. The smallest absolute Gasteiger partial charge is 0.250 e. The summed E-state index contributed by atoms with van der Waals surface area (Å²) in [6, 6.07) is 15.4. The minimum Gasteiger partial charge on any atom is -0.454 e. The standard InChI is InChI=1S/C19H14BrN3O3S/c20-14-8-17-16(25-11-26-17)7-13(14)9-21-23-18(24)10-27-19-6-5-12-3-1-2-4-15(12)22-19/h1-9H,10-11H2,(H,23,24)/b21-9+. The summed E-state index contributed by atoms with van der Waals surface area (Å²) in [7, 11) is 0. The van der Waals surface area contributed by atoms with Crippen LogP contribution in [-0.2, 0) is 4.79 Å². The Morgan fingerprint density at radius 3 is 2.93 bits per heavy atom. The molecule has 0 atom stereocenters. The van der Waals surface area contributed by atoms with E-state index in [4.69, 9.17) is 9.47 Å². The summed E-state index contributed by atoms with van der Waals surface area (Å²) >= 11 is 4.81. The van der Waals surface area contributed by atoms with Gasteiger partial charge in [-0.3, -0.25) is 4.79 Å². The molecule has 1 N–H and O–H groups in total. The number of carbonyl (C=O) groups is 1. The molecule has 0 spiro atoms. The summed E-state index contributed by atoms with van der Waals surface area (Å²) in [5.74, 6) is 1.36. The largest absolute Gasteiger partial charge is 0.454 e. The van der Waals surface area contributed by atoms with Gasteiger partial charge in [-0.25, -0.2) is 10.4 Å². The minimum atomic E-state index is -0.205. The topological polar surface area (TPSA) is 72.8 Å². The van der Waals surface area contributed by atoms with Crippen LogP contribution in [0.1, 0.15) is 5.56 Å². The number of pyridine rings is 1. The maximum Gasteiger partial charge on any atom is 0.250 e. The van der Waals surface area contributed by atoms with E-state index < -0.39 is 0 Å². The van der Waals surface area contributed by atoms with Crippen molar-refractivity contribution < 1.29 is 14.3 Å². The van der Waals surface area contributed by atoms with Gasteiger partial charge in [0.05, 0.1) is 22.5 Å². The highest BCUT2D eigenvalue weighted by Crippen LogP contribution is 2.36. The minimum absolute atomic E-state index is 0.205. The molecule has 136 valence electrons. The lowest BCUT2D eigenvalue weighted by molar-refractivity contribution is -0.118. The number of nitrogens with one attached hydrogen (secondary N) is 1. The SMILES string of the molecule is O=C(CSc1ccc2ccccc2n1)N/N=C/c1cc2c(cc1Br)OCO2. The zero-order valence-corrected chi connectivity index (χ0v) is 16.4. The lowest BCUT2D eigenvalue weighted by Crippen LogP contribution is -2.19. The van der Waals surface area contributed by atoms with Crippen molar-refractivity contribution in [2.24, 2.45) is 5.10 Å². The van der Waals surface area contributed by atoms with Gasteiger partial charge in [0, 0.05) is 15.4 Å². The van der Waals surface area contributed by atoms with Gasteiger partial charge < -0.3 is 9.47 Å². The second kappa shape index (κ2) is 7.98. The molecule has 0 saturated carbocycles. The van der Waals surface area contributed by atoms with Crippen LogP contribution in [0.4, 0.5) is 0 Å². The van der Waals surface area contributed by atoms with Gasteiger partial charge in [0.2, 0.25) is 12.7 Å². The molecule has 0 saturated heterocycles. The number of halogens is 1. The van der Waals surface area contributed by atoms with Gasteiger partial charge in [0.25, 0.3) is 0 Å². The quantitative estimate of drug-likeness (QED) is 0.366. The fourth-order valence-corrected chi connectivity index (χ4v) is 3.60. The van der Waals surface area contributed by atoms with E-state index in [1.807, 2.05) is 42.5 Å². The van der Waals surface area contributed by atoms with Crippen molar-refractivity contribution in [2.75, 3.05) is 12.5 Å². The number of ether oxygens (including phenoxy) is 2. The van der Waals surface area contributed by atoms with E-state index >= 15 is 0 Å². The molecule has 1 amide bonds. The van der Waals surface area contributed by atoms with Crippen molar-refractivity contribution in [3.63, 3.8) is 0 Å². The zero-order valence-electron chi connectivity index (χ0n) is 14.0. The van der Waals surface area contributed by atoms with Crippen molar-refractivity contribution in [3.05, 3.63) is 58.6 Å². The molecule has 1 aliphatic rings. The molecule has 4 rings (SSSR count). The summed E-state index contributed by atoms with van der Waals surface area (Å²) < 4.78 is 11.4. The number of hydrogen-bond donors (Lipinski definition) is 1. The number of aromatic nitrogens is 1. The molecule has 3 aromatic rings. The Hall–Kier alpha value is -2.58. The van der Waals surface area contributed by atoms with Crippen LogP contribution in [0.15, 0.2) is 63.1 Å². The number of nitrogens with zero attached hydrogens (tertiary/aromatic N) is 2. The molecule has 0 bridgehead atoms. The number of fused-ring (bicyclic) bond motifs is 2. The van der Waals surface area contributed by atoms with E-state index in [0.29, 0.717) is 11.5 Å². The van der Waals surface area contributed by atoms with Gasteiger partial charge in [0.15, 0.2) is 11.5 Å². The Morgan fingerprint density at radius 1 is 1.22 bits per heavy atom. The first-order valence-corrected chi connectivity index (χ1v) is 9.86. The van der Waals surface area contributed by atoms with Crippen LogP contribution in [0.3, 0.4) is 0 Å². The van der Waals surface area contributed by atoms with Gasteiger partial charge in [-0.05, 0) is 40.2 Å². The van der Waals surface area contributed by atoms with E-state index in [2.05, 4.69) is 31.4 Å². The molecule has 0 fully saturated rings. The van der Waals surface area contributed by atoms with Crippen LogP contribution in [0.5, 0.6) is 11.5 Å². The third kappa shape index (κ3) is 4.23. The molecule has 0 radical (unpaired) electrons. The molecule has 1 aromatic heterocycles. The van der Waals surface area contributed by atoms with Crippen LogP contribution in [0, 0.1) is 0 Å². The summed E-state index contributed by atoms with van der Waals surface area (Å²) in [5.41, 5.74) is 4.21. The normalized spacial score (nSPS) is 12.6. The Balaban J connectivity index is 1.33. The summed E-state index contributed by atoms with van der Waals surface area (Å²) in [6.07, 6.45) is 1.56. The second-order valence-electron chi connectivity index (χ2n) is 5.65. The van der Waals surface area contributed by atoms with Crippen LogP contribution in [0.2, 0.25) is 0 Å². The van der Waals surface area contributed by atoms with Crippen molar-refractivity contribution in [1.82, 2.24) is 10.4 Å². The number of hydrogen-bond acceptors (Lipinski definition) is 6. The molecular weight excluding hydrogens is 430 g/mol. The fourth-order valence-electron chi connectivity index (χ4n) is 2.51. The van der Waals surface area contributed by atoms with Gasteiger partial charge in [0.1, 0.15) is 0 Å². The first kappa shape index (κ1) is 17.8. The first-order valence-electron chi connectivity index (χ1n) is 8.09. The van der Waals surface area contributed by atoms with E-state index in [-0.39, 0.29) is 18.5 Å². The molecular formula is C19H14BrN3O3S. The zero-order chi connectivity index (χ0) is 18.6. The molecule has 27 heavy (non-hydrogen) atoms. The number of benzene rings is 2. The third-order valence-corrected chi connectivity index (χ3v) is 5.43. The maximum absolute atomic E-state index is 12.0. The predicted octanol–water partition coefficient (Wildman–Crippen LogP) is 3.97. The molecule has 0 unspecified atom stereocenters. The molecule has 8 heteroatoms. The van der Waals surface area contributed by atoms with Gasteiger partial charge >= 0.3 is 0 Å². The Labute approximate surface area is 168 Å². The fraction of sp³-hybridized carbons (Fsp3) is 0.105. The maximum atomic E-state index is 12.0. The van der Waals surface area contributed by atoms with E-state index in [9.17, 15) is 4.79 Å². The van der Waals surface area contributed by atoms with E-state index in [1.165, 1.54) is 11.8 Å². The molecule has 2 aromatic carbocycles. The summed E-state index contributed by atoms with van der Waals surface area (Å²) in [4.78, 5) is 16.5. The number of para-hydroxylation sites is 1. The predicted molar refractivity (Wildman–Crippen MR) is 108 cm³/mol. The van der Waals surface area contributed by atoms with E-state index in [0.717, 1.165) is 26.0 Å².